The normalized spacial score (nSPS) is 19.7. The van der Waals surface area contributed by atoms with Gasteiger partial charge in [0.2, 0.25) is 5.84 Å². The number of hydrogen-bond donors (Lipinski definition) is 1. The average molecular weight is 852 g/mol. The Hall–Kier alpha value is -7.50. The van der Waals surface area contributed by atoms with E-state index in [1.807, 2.05) is 0 Å². The van der Waals surface area contributed by atoms with Crippen LogP contribution >= 0.6 is 0 Å². The van der Waals surface area contributed by atoms with Crippen LogP contribution in [0.25, 0.3) is 66.3 Å². The van der Waals surface area contributed by atoms with Crippen LogP contribution < -0.4 is 5.32 Å². The molecule has 0 spiro atoms. The molecule has 0 amide bonds. The lowest BCUT2D eigenvalue weighted by Gasteiger charge is -2.35. The second-order valence-corrected chi connectivity index (χ2v) is 18.8. The zero-order chi connectivity index (χ0) is 44.4. The van der Waals surface area contributed by atoms with E-state index in [0.717, 1.165) is 50.1 Å². The molecule has 4 nitrogen and oxygen atoms in total. The predicted molar refractivity (Wildman–Crippen MR) is 273 cm³/mol. The van der Waals surface area contributed by atoms with Crippen molar-refractivity contribution in [2.45, 2.75) is 37.5 Å². The minimum atomic E-state index is -0.197. The fraction of sp³-hybridized carbons (Fsp3) is 0.129. The highest BCUT2D eigenvalue weighted by molar-refractivity contribution is 6.17. The summed E-state index contributed by atoms with van der Waals surface area (Å²) in [6.45, 7) is 4.81. The summed E-state index contributed by atoms with van der Waals surface area (Å²) < 4.78 is 0. The van der Waals surface area contributed by atoms with Gasteiger partial charge in [0.1, 0.15) is 6.17 Å². The molecule has 2 aliphatic carbocycles. The number of aliphatic imine (C=N–C) groups is 1. The summed E-state index contributed by atoms with van der Waals surface area (Å²) in [5.74, 6) is 1.96. The molecular formula is C62H51N4+. The van der Waals surface area contributed by atoms with E-state index < -0.39 is 0 Å². The highest BCUT2D eigenvalue weighted by atomic mass is 15.4. The van der Waals surface area contributed by atoms with Crippen LogP contribution in [0.1, 0.15) is 59.9 Å². The van der Waals surface area contributed by atoms with E-state index in [2.05, 4.69) is 250 Å². The monoisotopic (exact) mass is 851 g/mol. The van der Waals surface area contributed by atoms with Crippen molar-refractivity contribution < 1.29 is 5.32 Å². The molecule has 8 aromatic carbocycles. The third-order valence-corrected chi connectivity index (χ3v) is 14.6. The lowest BCUT2D eigenvalue weighted by atomic mass is 9.74. The Bertz CT molecular complexity index is 3400. The smallest absolute Gasteiger partial charge is 0.230 e. The lowest BCUT2D eigenvalue weighted by Crippen LogP contribution is -2.93. The van der Waals surface area contributed by atoms with E-state index >= 15 is 0 Å². The van der Waals surface area contributed by atoms with E-state index in [1.54, 1.807) is 0 Å². The Labute approximate surface area is 387 Å². The Kier molecular flexibility index (Phi) is 9.82. The van der Waals surface area contributed by atoms with Gasteiger partial charge in [-0.2, -0.15) is 0 Å². The van der Waals surface area contributed by atoms with Crippen LogP contribution in [0, 0.1) is 5.92 Å². The largest absolute Gasteiger partial charge is 0.278 e. The highest BCUT2D eigenvalue weighted by Gasteiger charge is 2.44. The topological polar surface area (TPSA) is 45.1 Å². The second kappa shape index (κ2) is 16.2. The van der Waals surface area contributed by atoms with Gasteiger partial charge in [-0.25, -0.2) is 14.9 Å². The summed E-state index contributed by atoms with van der Waals surface area (Å²) in [4.78, 5) is 13.2. The number of nitrogens with two attached hydrogens (primary N) is 1. The Morgan fingerprint density at radius 3 is 1.97 bits per heavy atom. The van der Waals surface area contributed by atoms with E-state index in [0.29, 0.717) is 11.8 Å². The van der Waals surface area contributed by atoms with Gasteiger partial charge in [-0.3, -0.25) is 5.32 Å². The van der Waals surface area contributed by atoms with Crippen LogP contribution in [-0.4, -0.2) is 22.8 Å². The maximum absolute atomic E-state index is 5.55. The van der Waals surface area contributed by atoms with Crippen molar-refractivity contribution in [2.24, 2.45) is 10.9 Å². The van der Waals surface area contributed by atoms with Gasteiger partial charge in [0.05, 0.1) is 16.8 Å². The average Bonchev–Trinajstić information content (AvgIpc) is 3.61. The van der Waals surface area contributed by atoms with Gasteiger partial charge in [0, 0.05) is 33.2 Å². The molecule has 4 unspecified atom stereocenters. The Morgan fingerprint density at radius 1 is 0.515 bits per heavy atom. The minimum absolute atomic E-state index is 0.0392. The van der Waals surface area contributed by atoms with Crippen molar-refractivity contribution in [3.05, 3.63) is 246 Å². The van der Waals surface area contributed by atoms with E-state index in [9.17, 15) is 0 Å². The molecule has 4 atom stereocenters. The van der Waals surface area contributed by atoms with Crippen LogP contribution in [0.5, 0.6) is 0 Å². The summed E-state index contributed by atoms with van der Waals surface area (Å²) in [5, 5.41) is 5.86. The second-order valence-electron chi connectivity index (χ2n) is 18.8. The first-order chi connectivity index (χ1) is 32.4. The van der Waals surface area contributed by atoms with Crippen molar-refractivity contribution >= 4 is 27.5 Å². The fourth-order valence-corrected chi connectivity index (χ4v) is 11.1. The number of fused-ring (bicyclic) bond motifs is 6. The first-order valence-corrected chi connectivity index (χ1v) is 23.3. The molecule has 2 N–H and O–H groups in total. The standard InChI is InChI=1S/C62H50N4/c1-62(2)54-29-12-10-25-50(54)51-36-35-46(39-55(51)62)40-31-33-42(34-32-40)59-64-60(43-19-8-5-9-20-43)66(3)61(65-59)48-24-15-22-45(38-48)44-21-14-23-47(37-44)49-27-16-28-53-57(49)52-26-11-13-30-56(52)63-58(53)41-17-6-4-7-18-41/h4-39,50,54,60-61H,1-3H3,(H,64,65)/p+1. The predicted octanol–water partition coefficient (Wildman–Crippen LogP) is 13.8. The van der Waals surface area contributed by atoms with E-state index in [4.69, 9.17) is 9.98 Å². The molecule has 66 heavy (non-hydrogen) atoms. The number of pyridine rings is 1. The molecule has 0 fully saturated rings. The third kappa shape index (κ3) is 6.84. The third-order valence-electron chi connectivity index (χ3n) is 14.6. The Balaban J connectivity index is 0.901. The number of nitrogens with zero attached hydrogens (tertiary/aromatic N) is 3. The summed E-state index contributed by atoms with van der Waals surface area (Å²) in [6, 6.07) is 70.7. The molecule has 12 rings (SSSR count). The summed E-state index contributed by atoms with van der Waals surface area (Å²) in [6.07, 6.45) is 9.04. The molecule has 0 saturated carbocycles. The molecule has 2 heterocycles. The first-order valence-electron chi connectivity index (χ1n) is 23.3. The SMILES string of the molecule is CN1C(c2cccc(-c3cccc(-c4cccc5c(-c6ccccc6)nc6ccccc6c45)c3)c2)N=C(c2ccc(-c3ccc4c(c3)C(C)(C)C3C=CC=CC43)cc2)[NH2+]C1c1ccccc1. The van der Waals surface area contributed by atoms with E-state index in [-0.39, 0.29) is 17.7 Å². The van der Waals surface area contributed by atoms with Gasteiger partial charge in [-0.1, -0.05) is 202 Å². The Morgan fingerprint density at radius 2 is 1.14 bits per heavy atom. The van der Waals surface area contributed by atoms with Gasteiger partial charge in [-0.05, 0) is 98.8 Å². The lowest BCUT2D eigenvalue weighted by molar-refractivity contribution is -0.621. The summed E-state index contributed by atoms with van der Waals surface area (Å²) >= 11 is 0. The van der Waals surface area contributed by atoms with Crippen LogP contribution in [0.4, 0.5) is 0 Å². The molecule has 1 aliphatic heterocycles. The molecule has 9 aromatic rings. The number of benzene rings is 8. The van der Waals surface area contributed by atoms with Crippen molar-refractivity contribution in [1.29, 1.82) is 0 Å². The molecule has 1 aromatic heterocycles. The fourth-order valence-electron chi connectivity index (χ4n) is 11.1. The van der Waals surface area contributed by atoms with Crippen molar-refractivity contribution in [1.82, 2.24) is 9.88 Å². The molecular weight excluding hydrogens is 801 g/mol. The van der Waals surface area contributed by atoms with Gasteiger partial charge in [-0.15, -0.1) is 0 Å². The first kappa shape index (κ1) is 40.0. The number of hydrogen-bond acceptors (Lipinski definition) is 3. The molecule has 0 radical (unpaired) electrons. The van der Waals surface area contributed by atoms with Crippen LogP contribution in [0.15, 0.2) is 223 Å². The van der Waals surface area contributed by atoms with Gasteiger partial charge in [0.25, 0.3) is 0 Å². The molecule has 4 heteroatoms. The summed E-state index contributed by atoms with van der Waals surface area (Å²) in [5.41, 5.74) is 16.8. The molecule has 0 bridgehead atoms. The zero-order valence-corrected chi connectivity index (χ0v) is 37.5. The maximum atomic E-state index is 5.55. The molecule has 3 aliphatic rings. The number of quaternary nitrogens is 1. The highest BCUT2D eigenvalue weighted by Crippen LogP contribution is 2.53. The minimum Gasteiger partial charge on any atom is -0.278 e. The van der Waals surface area contributed by atoms with E-state index in [1.165, 1.54) is 49.9 Å². The van der Waals surface area contributed by atoms with Crippen LogP contribution in [-0.2, 0) is 5.41 Å². The quantitative estimate of drug-likeness (QED) is 0.162. The number of allylic oxidation sites excluding steroid dienone is 4. The summed E-state index contributed by atoms with van der Waals surface area (Å²) in [7, 11) is 2.20. The van der Waals surface area contributed by atoms with Crippen molar-refractivity contribution in [2.75, 3.05) is 7.05 Å². The number of aromatic nitrogens is 1. The van der Waals surface area contributed by atoms with Crippen LogP contribution in [0.3, 0.4) is 0 Å². The molecule has 318 valence electrons. The van der Waals surface area contributed by atoms with Gasteiger partial charge in [0.15, 0.2) is 6.17 Å². The molecule has 0 saturated heterocycles. The number of amidine groups is 1. The van der Waals surface area contributed by atoms with Gasteiger partial charge >= 0.3 is 0 Å². The van der Waals surface area contributed by atoms with Gasteiger partial charge < -0.3 is 0 Å². The zero-order valence-electron chi connectivity index (χ0n) is 37.5. The van der Waals surface area contributed by atoms with Crippen molar-refractivity contribution in [3.8, 4) is 44.6 Å². The number of rotatable bonds is 7. The number of para-hydroxylation sites is 1. The van der Waals surface area contributed by atoms with Crippen molar-refractivity contribution in [3.63, 3.8) is 0 Å². The van der Waals surface area contributed by atoms with Crippen LogP contribution in [0.2, 0.25) is 0 Å². The maximum Gasteiger partial charge on any atom is 0.230 e.